The van der Waals surface area contributed by atoms with Gasteiger partial charge in [0.15, 0.2) is 17.5 Å². The fraction of sp³-hybridized carbons (Fsp3) is 0.412. The van der Waals surface area contributed by atoms with Crippen molar-refractivity contribution >= 4 is 41.3 Å². The van der Waals surface area contributed by atoms with E-state index in [2.05, 4.69) is 27.5 Å². The van der Waals surface area contributed by atoms with Crippen LogP contribution in [0.3, 0.4) is 0 Å². The molecule has 0 fully saturated rings. The molecule has 25 heavy (non-hydrogen) atoms. The van der Waals surface area contributed by atoms with Gasteiger partial charge in [-0.25, -0.2) is 9.37 Å². The Morgan fingerprint density at radius 1 is 1.44 bits per heavy atom. The molecule has 0 bridgehead atoms. The first-order chi connectivity index (χ1) is 11.6. The van der Waals surface area contributed by atoms with Crippen molar-refractivity contribution in [1.82, 2.24) is 15.6 Å². The van der Waals surface area contributed by atoms with Gasteiger partial charge >= 0.3 is 0 Å². The number of methoxy groups -OCH3 is 1. The largest absolute Gasteiger partial charge is 0.494 e. The maximum Gasteiger partial charge on any atom is 0.191 e. The van der Waals surface area contributed by atoms with Gasteiger partial charge in [0, 0.05) is 12.4 Å². The van der Waals surface area contributed by atoms with Crippen molar-refractivity contribution < 1.29 is 9.13 Å². The summed E-state index contributed by atoms with van der Waals surface area (Å²) in [4.78, 5) is 8.72. The molecule has 5 nitrogen and oxygen atoms in total. The third kappa shape index (κ3) is 6.10. The summed E-state index contributed by atoms with van der Waals surface area (Å²) in [5, 5.41) is 9.64. The zero-order chi connectivity index (χ0) is 17.5. The Kier molecular flexibility index (Phi) is 9.12. The molecule has 0 aliphatic heterocycles. The maximum absolute atomic E-state index is 13.8. The Morgan fingerprint density at radius 3 is 2.76 bits per heavy atom. The van der Waals surface area contributed by atoms with Crippen molar-refractivity contribution in [2.75, 3.05) is 14.2 Å². The first-order valence-corrected chi connectivity index (χ1v) is 8.69. The van der Waals surface area contributed by atoms with Crippen molar-refractivity contribution in [2.24, 2.45) is 4.99 Å². The molecular formula is C17H24FIN4OS. The Labute approximate surface area is 169 Å². The predicted molar refractivity (Wildman–Crippen MR) is 112 cm³/mol. The van der Waals surface area contributed by atoms with Gasteiger partial charge in [-0.05, 0) is 31.0 Å². The van der Waals surface area contributed by atoms with Crippen LogP contribution in [0.1, 0.15) is 36.2 Å². The third-order valence-corrected chi connectivity index (χ3v) is 4.63. The molecule has 1 aromatic carbocycles. The molecule has 2 aromatic rings. The maximum atomic E-state index is 13.8. The molecule has 0 aliphatic carbocycles. The molecule has 1 unspecified atom stereocenters. The lowest BCUT2D eigenvalue weighted by Gasteiger charge is -2.18. The molecule has 1 aromatic heterocycles. The van der Waals surface area contributed by atoms with Crippen molar-refractivity contribution in [3.63, 3.8) is 0 Å². The Bertz CT molecular complexity index is 708. The SMILES string of the molecule is CCc1nc(CNC(=NC)NC(C)c2ccc(OC)c(F)c2)cs1.I. The molecule has 0 aliphatic rings. The zero-order valence-corrected chi connectivity index (χ0v) is 17.9. The summed E-state index contributed by atoms with van der Waals surface area (Å²) >= 11 is 1.66. The van der Waals surface area contributed by atoms with Crippen molar-refractivity contribution in [2.45, 2.75) is 32.9 Å². The van der Waals surface area contributed by atoms with Gasteiger partial charge in [-0.3, -0.25) is 4.99 Å². The minimum Gasteiger partial charge on any atom is -0.494 e. The van der Waals surface area contributed by atoms with Crippen LogP contribution in [-0.2, 0) is 13.0 Å². The summed E-state index contributed by atoms with van der Waals surface area (Å²) in [6, 6.07) is 4.83. The van der Waals surface area contributed by atoms with Crippen LogP contribution in [0.4, 0.5) is 4.39 Å². The fourth-order valence-corrected chi connectivity index (χ4v) is 2.95. The summed E-state index contributed by atoms with van der Waals surface area (Å²) in [5.41, 5.74) is 1.81. The number of nitrogens with one attached hydrogen (secondary N) is 2. The van der Waals surface area contributed by atoms with E-state index in [9.17, 15) is 4.39 Å². The molecule has 2 N–H and O–H groups in total. The second-order valence-electron chi connectivity index (χ2n) is 5.27. The predicted octanol–water partition coefficient (Wildman–Crippen LogP) is 3.90. The minimum atomic E-state index is -0.374. The number of guanidine groups is 1. The monoisotopic (exact) mass is 478 g/mol. The summed E-state index contributed by atoms with van der Waals surface area (Å²) < 4.78 is 18.8. The molecule has 1 heterocycles. The molecule has 0 saturated carbocycles. The summed E-state index contributed by atoms with van der Waals surface area (Å²) in [5.74, 6) is 0.509. The first-order valence-electron chi connectivity index (χ1n) is 7.81. The van der Waals surface area contributed by atoms with Crippen LogP contribution in [0.5, 0.6) is 5.75 Å². The van der Waals surface area contributed by atoms with E-state index in [0.717, 1.165) is 22.7 Å². The molecule has 8 heteroatoms. The molecule has 138 valence electrons. The Balaban J connectivity index is 0.00000312. The highest BCUT2D eigenvalue weighted by Gasteiger charge is 2.11. The number of thiazole rings is 1. The van der Waals surface area contributed by atoms with Crippen LogP contribution in [0.15, 0.2) is 28.6 Å². The van der Waals surface area contributed by atoms with Crippen molar-refractivity contribution in [1.29, 1.82) is 0 Å². The van der Waals surface area contributed by atoms with E-state index in [-0.39, 0.29) is 41.6 Å². The summed E-state index contributed by atoms with van der Waals surface area (Å²) in [6.07, 6.45) is 0.942. The zero-order valence-electron chi connectivity index (χ0n) is 14.8. The van der Waals surface area contributed by atoms with Gasteiger partial charge in [0.05, 0.1) is 30.4 Å². The van der Waals surface area contributed by atoms with Gasteiger partial charge in [-0.1, -0.05) is 13.0 Å². The molecule has 1 atom stereocenters. The lowest BCUT2D eigenvalue weighted by atomic mass is 10.1. The van der Waals surface area contributed by atoms with Gasteiger partial charge in [-0.15, -0.1) is 35.3 Å². The number of aliphatic imine (C=N–C) groups is 1. The van der Waals surface area contributed by atoms with Gasteiger partial charge < -0.3 is 15.4 Å². The number of aromatic nitrogens is 1. The van der Waals surface area contributed by atoms with Gasteiger partial charge in [0.25, 0.3) is 0 Å². The number of halogens is 2. The second kappa shape index (κ2) is 10.5. The lowest BCUT2D eigenvalue weighted by Crippen LogP contribution is -2.38. The number of nitrogens with zero attached hydrogens (tertiary/aromatic N) is 2. The Morgan fingerprint density at radius 2 is 2.20 bits per heavy atom. The van der Waals surface area contributed by atoms with E-state index in [1.165, 1.54) is 13.2 Å². The van der Waals surface area contributed by atoms with Gasteiger partial charge in [0.1, 0.15) is 0 Å². The number of ether oxygens (including phenoxy) is 1. The Hall–Kier alpha value is -1.42. The van der Waals surface area contributed by atoms with Crippen molar-refractivity contribution in [3.8, 4) is 5.75 Å². The summed E-state index contributed by atoms with van der Waals surface area (Å²) in [7, 11) is 3.16. The van der Waals surface area contributed by atoms with E-state index in [1.807, 2.05) is 18.4 Å². The lowest BCUT2D eigenvalue weighted by molar-refractivity contribution is 0.386. The van der Waals surface area contributed by atoms with E-state index in [1.54, 1.807) is 24.5 Å². The molecular weight excluding hydrogens is 454 g/mol. The van der Waals surface area contributed by atoms with Crippen LogP contribution < -0.4 is 15.4 Å². The van der Waals surface area contributed by atoms with E-state index >= 15 is 0 Å². The van der Waals surface area contributed by atoms with E-state index < -0.39 is 0 Å². The summed E-state index contributed by atoms with van der Waals surface area (Å²) in [6.45, 7) is 4.64. The van der Waals surface area contributed by atoms with Crippen LogP contribution in [0.2, 0.25) is 0 Å². The fourth-order valence-electron chi connectivity index (χ4n) is 2.20. The van der Waals surface area contributed by atoms with Gasteiger partial charge in [0.2, 0.25) is 0 Å². The highest BCUT2D eigenvalue weighted by molar-refractivity contribution is 14.0. The third-order valence-electron chi connectivity index (χ3n) is 3.59. The van der Waals surface area contributed by atoms with Crippen molar-refractivity contribution in [3.05, 3.63) is 45.7 Å². The van der Waals surface area contributed by atoms with Crippen LogP contribution in [0.25, 0.3) is 0 Å². The average molecular weight is 478 g/mol. The number of aryl methyl sites for hydroxylation is 1. The van der Waals surface area contributed by atoms with E-state index in [4.69, 9.17) is 4.74 Å². The normalized spacial score (nSPS) is 12.3. The smallest absolute Gasteiger partial charge is 0.191 e. The quantitative estimate of drug-likeness (QED) is 0.376. The average Bonchev–Trinajstić information content (AvgIpc) is 3.06. The second-order valence-corrected chi connectivity index (χ2v) is 6.21. The number of hydrogen-bond acceptors (Lipinski definition) is 4. The van der Waals surface area contributed by atoms with Gasteiger partial charge in [-0.2, -0.15) is 0 Å². The molecule has 0 amide bonds. The number of benzene rings is 1. The highest BCUT2D eigenvalue weighted by atomic mass is 127. The van der Waals surface area contributed by atoms with Crippen LogP contribution in [0, 0.1) is 5.82 Å². The van der Waals surface area contributed by atoms with E-state index in [0.29, 0.717) is 12.5 Å². The molecule has 2 rings (SSSR count). The topological polar surface area (TPSA) is 58.5 Å². The molecule has 0 spiro atoms. The number of hydrogen-bond donors (Lipinski definition) is 2. The number of rotatable bonds is 6. The van der Waals surface area contributed by atoms with Crippen LogP contribution in [-0.4, -0.2) is 25.1 Å². The minimum absolute atomic E-state index is 0. The standard InChI is InChI=1S/C17H23FN4OS.HI/c1-5-16-22-13(10-24-16)9-20-17(19-3)21-11(2)12-6-7-15(23-4)14(18)8-12;/h6-8,10-11H,5,9H2,1-4H3,(H2,19,20,21);1H. The first kappa shape index (κ1) is 21.6. The highest BCUT2D eigenvalue weighted by Crippen LogP contribution is 2.21. The van der Waals surface area contributed by atoms with Crippen LogP contribution >= 0.6 is 35.3 Å². The molecule has 0 saturated heterocycles. The molecule has 0 radical (unpaired) electrons.